The molecule has 0 spiro atoms. The van der Waals surface area contributed by atoms with E-state index in [0.717, 1.165) is 40.4 Å². The second-order valence-electron chi connectivity index (χ2n) is 5.90. The van der Waals surface area contributed by atoms with Crippen molar-refractivity contribution >= 4 is 39.1 Å². The molecule has 0 bridgehead atoms. The Hall–Kier alpha value is -3.21. The molecule has 0 saturated carbocycles. The van der Waals surface area contributed by atoms with Gasteiger partial charge in [-0.3, -0.25) is 19.0 Å². The van der Waals surface area contributed by atoms with E-state index in [2.05, 4.69) is 10.3 Å². The van der Waals surface area contributed by atoms with Crippen molar-refractivity contribution in [3.8, 4) is 0 Å². The van der Waals surface area contributed by atoms with Crippen molar-refractivity contribution in [2.24, 2.45) is 5.73 Å². The first-order valence-electron chi connectivity index (χ1n) is 7.83. The fraction of sp³-hybridized carbons (Fsp3) is 0.176. The third-order valence-corrected chi connectivity index (χ3v) is 5.14. The average Bonchev–Trinajstić information content (AvgIpc) is 2.94. The number of carbonyl (C=O) groups excluding carboxylic acids is 2. The minimum absolute atomic E-state index is 0.0513. The van der Waals surface area contributed by atoms with Crippen molar-refractivity contribution in [1.82, 2.24) is 9.55 Å². The monoisotopic (exact) mass is 410 g/mol. The molecule has 0 fully saturated rings. The molecule has 0 atom stereocenters. The number of halogens is 3. The van der Waals surface area contributed by atoms with E-state index in [1.807, 2.05) is 0 Å². The lowest BCUT2D eigenvalue weighted by molar-refractivity contribution is -0.137. The molecule has 146 valence electrons. The zero-order chi connectivity index (χ0) is 20.6. The maximum Gasteiger partial charge on any atom is 0.416 e. The van der Waals surface area contributed by atoms with Gasteiger partial charge in [-0.25, -0.2) is 4.98 Å². The molecule has 0 aliphatic carbocycles. The molecule has 0 aliphatic heterocycles. The first-order valence-corrected chi connectivity index (χ1v) is 8.65. The second-order valence-corrected chi connectivity index (χ2v) is 6.90. The largest absolute Gasteiger partial charge is 0.416 e. The lowest BCUT2D eigenvalue weighted by atomic mass is 10.2. The molecule has 28 heavy (non-hydrogen) atoms. The summed E-state index contributed by atoms with van der Waals surface area (Å²) in [5.74, 6) is -1.39. The third kappa shape index (κ3) is 3.74. The zero-order valence-corrected chi connectivity index (χ0v) is 15.1. The van der Waals surface area contributed by atoms with E-state index in [9.17, 15) is 27.6 Å². The number of benzene rings is 1. The first kappa shape index (κ1) is 19.5. The highest BCUT2D eigenvalue weighted by Gasteiger charge is 2.30. The number of thiophene rings is 1. The SMILES string of the molecule is Cc1c(C(N)=O)sc2ncn(CC(=O)Nc3cccc(C(F)(F)F)c3)c(=O)c12. The van der Waals surface area contributed by atoms with Crippen LogP contribution in [0.1, 0.15) is 20.8 Å². The van der Waals surface area contributed by atoms with Crippen LogP contribution < -0.4 is 16.6 Å². The van der Waals surface area contributed by atoms with Gasteiger partial charge in [0.15, 0.2) is 0 Å². The molecule has 2 aromatic heterocycles. The van der Waals surface area contributed by atoms with Gasteiger partial charge in [0, 0.05) is 5.69 Å². The predicted molar refractivity (Wildman–Crippen MR) is 97.2 cm³/mol. The van der Waals surface area contributed by atoms with E-state index in [1.165, 1.54) is 6.07 Å². The lowest BCUT2D eigenvalue weighted by Gasteiger charge is -2.10. The van der Waals surface area contributed by atoms with Crippen LogP contribution in [0, 0.1) is 6.92 Å². The number of aryl methyl sites for hydroxylation is 1. The number of nitrogens with zero attached hydrogens (tertiary/aromatic N) is 2. The van der Waals surface area contributed by atoms with E-state index < -0.39 is 35.7 Å². The Morgan fingerprint density at radius 3 is 2.68 bits per heavy atom. The van der Waals surface area contributed by atoms with Gasteiger partial charge in [-0.15, -0.1) is 11.3 Å². The molecule has 0 unspecified atom stereocenters. The summed E-state index contributed by atoms with van der Waals surface area (Å²) < 4.78 is 39.3. The van der Waals surface area contributed by atoms with Gasteiger partial charge in [-0.2, -0.15) is 13.2 Å². The van der Waals surface area contributed by atoms with Crippen molar-refractivity contribution in [2.75, 3.05) is 5.32 Å². The summed E-state index contributed by atoms with van der Waals surface area (Å²) in [6.45, 7) is 1.09. The molecule has 0 radical (unpaired) electrons. The summed E-state index contributed by atoms with van der Waals surface area (Å²) in [6.07, 6.45) is -3.40. The standard InChI is InChI=1S/C17H13F3N4O3S/c1-8-12-15(28-13(8)14(21)26)22-7-24(16(12)27)6-11(25)23-10-4-2-3-9(5-10)17(18,19)20/h2-5,7H,6H2,1H3,(H2,21,26)(H,23,25). The normalized spacial score (nSPS) is 11.6. The Bertz CT molecular complexity index is 1150. The first-order chi connectivity index (χ1) is 13.1. The van der Waals surface area contributed by atoms with Crippen LogP contribution in [-0.4, -0.2) is 21.4 Å². The zero-order valence-electron chi connectivity index (χ0n) is 14.3. The molecule has 7 nitrogen and oxygen atoms in total. The van der Waals surface area contributed by atoms with Crippen molar-refractivity contribution in [3.05, 3.63) is 57.0 Å². The van der Waals surface area contributed by atoms with Crippen LogP contribution in [0.5, 0.6) is 0 Å². The van der Waals surface area contributed by atoms with Crippen LogP contribution in [-0.2, 0) is 17.5 Å². The number of primary amides is 1. The molecule has 2 amide bonds. The van der Waals surface area contributed by atoms with Crippen molar-refractivity contribution in [2.45, 2.75) is 19.6 Å². The Balaban J connectivity index is 1.86. The minimum Gasteiger partial charge on any atom is -0.365 e. The summed E-state index contributed by atoms with van der Waals surface area (Å²) in [5.41, 5.74) is 4.13. The number of anilines is 1. The van der Waals surface area contributed by atoms with E-state index in [4.69, 9.17) is 5.73 Å². The van der Waals surface area contributed by atoms with Gasteiger partial charge in [0.2, 0.25) is 5.91 Å². The maximum atomic E-state index is 12.8. The summed E-state index contributed by atoms with van der Waals surface area (Å²) in [5, 5.41) is 2.49. The molecular formula is C17H13F3N4O3S. The molecule has 3 aromatic rings. The summed E-state index contributed by atoms with van der Waals surface area (Å²) in [7, 11) is 0. The van der Waals surface area contributed by atoms with Gasteiger partial charge in [0.1, 0.15) is 11.4 Å². The Morgan fingerprint density at radius 1 is 1.32 bits per heavy atom. The Morgan fingerprint density at radius 2 is 2.04 bits per heavy atom. The van der Waals surface area contributed by atoms with Gasteiger partial charge < -0.3 is 11.1 Å². The van der Waals surface area contributed by atoms with E-state index in [0.29, 0.717) is 10.4 Å². The molecule has 1 aromatic carbocycles. The van der Waals surface area contributed by atoms with Crippen LogP contribution in [0.25, 0.3) is 10.2 Å². The summed E-state index contributed by atoms with van der Waals surface area (Å²) in [4.78, 5) is 40.8. The highest BCUT2D eigenvalue weighted by atomic mass is 32.1. The number of aromatic nitrogens is 2. The van der Waals surface area contributed by atoms with Gasteiger partial charge in [0.05, 0.1) is 22.2 Å². The average molecular weight is 410 g/mol. The highest BCUT2D eigenvalue weighted by molar-refractivity contribution is 7.20. The van der Waals surface area contributed by atoms with Crippen molar-refractivity contribution < 1.29 is 22.8 Å². The number of nitrogens with one attached hydrogen (secondary N) is 1. The number of alkyl halides is 3. The number of carbonyl (C=O) groups is 2. The van der Waals surface area contributed by atoms with Crippen LogP contribution in [0.15, 0.2) is 35.4 Å². The molecule has 2 heterocycles. The van der Waals surface area contributed by atoms with Crippen LogP contribution >= 0.6 is 11.3 Å². The maximum absolute atomic E-state index is 12.8. The smallest absolute Gasteiger partial charge is 0.365 e. The predicted octanol–water partition coefficient (Wildman–Crippen LogP) is 2.52. The fourth-order valence-corrected chi connectivity index (χ4v) is 3.63. The second kappa shape index (κ2) is 7.08. The lowest BCUT2D eigenvalue weighted by Crippen LogP contribution is -2.28. The minimum atomic E-state index is -4.54. The quantitative estimate of drug-likeness (QED) is 0.689. The van der Waals surface area contributed by atoms with Crippen molar-refractivity contribution in [1.29, 1.82) is 0 Å². The molecular weight excluding hydrogens is 397 g/mol. The van der Waals surface area contributed by atoms with Gasteiger partial charge in [0.25, 0.3) is 11.5 Å². The van der Waals surface area contributed by atoms with E-state index in [-0.39, 0.29) is 16.0 Å². The highest BCUT2D eigenvalue weighted by Crippen LogP contribution is 2.30. The molecule has 0 aliphatic rings. The van der Waals surface area contributed by atoms with Crippen LogP contribution in [0.4, 0.5) is 18.9 Å². The molecule has 0 saturated heterocycles. The Labute approximate surface area is 159 Å². The van der Waals surface area contributed by atoms with Crippen molar-refractivity contribution in [3.63, 3.8) is 0 Å². The Kier molecular flexibility index (Phi) is 4.94. The van der Waals surface area contributed by atoms with E-state index in [1.54, 1.807) is 6.92 Å². The molecule has 3 N–H and O–H groups in total. The topological polar surface area (TPSA) is 107 Å². The molecule has 11 heteroatoms. The summed E-state index contributed by atoms with van der Waals surface area (Å²) in [6, 6.07) is 4.15. The summed E-state index contributed by atoms with van der Waals surface area (Å²) >= 11 is 0.974. The number of hydrogen-bond donors (Lipinski definition) is 2. The van der Waals surface area contributed by atoms with Crippen LogP contribution in [0.3, 0.4) is 0 Å². The van der Waals surface area contributed by atoms with Gasteiger partial charge in [-0.1, -0.05) is 6.07 Å². The number of fused-ring (bicyclic) bond motifs is 1. The number of nitrogens with two attached hydrogens (primary N) is 1. The number of amides is 2. The number of hydrogen-bond acceptors (Lipinski definition) is 5. The van der Waals surface area contributed by atoms with Gasteiger partial charge in [-0.05, 0) is 30.7 Å². The van der Waals surface area contributed by atoms with Gasteiger partial charge >= 0.3 is 6.18 Å². The van der Waals surface area contributed by atoms with E-state index >= 15 is 0 Å². The fourth-order valence-electron chi connectivity index (χ4n) is 2.64. The number of rotatable bonds is 4. The molecule has 3 rings (SSSR count). The van der Waals surface area contributed by atoms with Crippen LogP contribution in [0.2, 0.25) is 0 Å². The third-order valence-electron chi connectivity index (χ3n) is 3.93.